The fourth-order valence-electron chi connectivity index (χ4n) is 1.76. The third-order valence-electron chi connectivity index (χ3n) is 2.89. The molecule has 2 rings (SSSR count). The molecule has 1 N–H and O–H groups in total. The number of nitrogens with zero attached hydrogens (tertiary/aromatic N) is 2. The topological polar surface area (TPSA) is 55.2 Å². The summed E-state index contributed by atoms with van der Waals surface area (Å²) >= 11 is 6.03. The number of hydrogen-bond acceptors (Lipinski definition) is 4. The summed E-state index contributed by atoms with van der Waals surface area (Å²) in [6.45, 7) is 6.20. The van der Waals surface area contributed by atoms with Crippen LogP contribution in [-0.2, 0) is 11.8 Å². The number of ether oxygens (including phenoxy) is 1. The molecule has 112 valence electrons. The van der Waals surface area contributed by atoms with Gasteiger partial charge in [-0.15, -0.1) is 0 Å². The lowest BCUT2D eigenvalue weighted by molar-refractivity contribution is 0.299. The van der Waals surface area contributed by atoms with Crippen molar-refractivity contribution in [3.05, 3.63) is 46.9 Å². The minimum absolute atomic E-state index is 0.136. The van der Waals surface area contributed by atoms with Crippen LogP contribution in [0.3, 0.4) is 0 Å². The van der Waals surface area contributed by atoms with Crippen LogP contribution in [-0.4, -0.2) is 21.7 Å². The molecule has 0 saturated heterocycles. The second-order valence-electron chi connectivity index (χ2n) is 5.82. The monoisotopic (exact) mass is 306 g/mol. The van der Waals surface area contributed by atoms with Gasteiger partial charge in [-0.05, 0) is 24.1 Å². The average molecular weight is 307 g/mol. The first-order chi connectivity index (χ1) is 9.88. The lowest BCUT2D eigenvalue weighted by atomic mass is 9.96. The van der Waals surface area contributed by atoms with E-state index >= 15 is 0 Å². The predicted octanol–water partition coefficient (Wildman–Crippen LogP) is 3.75. The molecule has 4 nitrogen and oxygen atoms in total. The van der Waals surface area contributed by atoms with Gasteiger partial charge in [0.25, 0.3) is 0 Å². The summed E-state index contributed by atoms with van der Waals surface area (Å²) in [6, 6.07) is 9.12. The third kappa shape index (κ3) is 4.41. The molecule has 0 aliphatic carbocycles. The first-order valence-electron chi connectivity index (χ1n) is 6.81. The van der Waals surface area contributed by atoms with Gasteiger partial charge in [0.05, 0.1) is 0 Å². The van der Waals surface area contributed by atoms with E-state index in [-0.39, 0.29) is 12.0 Å². The van der Waals surface area contributed by atoms with Crippen molar-refractivity contribution in [3.63, 3.8) is 0 Å². The Balaban J connectivity index is 2.21. The SMILES string of the molecule is CC(C)(C)c1nc(Cl)cc(Oc2ccc(CCO)cc2)n1. The minimum Gasteiger partial charge on any atom is -0.439 e. The second-order valence-corrected chi connectivity index (χ2v) is 6.21. The number of rotatable bonds is 4. The molecule has 1 aromatic heterocycles. The number of aliphatic hydroxyl groups excluding tert-OH is 1. The highest BCUT2D eigenvalue weighted by Gasteiger charge is 2.19. The van der Waals surface area contributed by atoms with Crippen LogP contribution in [0.4, 0.5) is 0 Å². The lowest BCUT2D eigenvalue weighted by Gasteiger charge is -2.17. The van der Waals surface area contributed by atoms with Gasteiger partial charge in [-0.3, -0.25) is 0 Å². The Kier molecular flexibility index (Phi) is 4.80. The summed E-state index contributed by atoms with van der Waals surface area (Å²) in [4.78, 5) is 8.63. The summed E-state index contributed by atoms with van der Waals surface area (Å²) in [5.41, 5.74) is 0.856. The van der Waals surface area contributed by atoms with Crippen molar-refractivity contribution in [2.75, 3.05) is 6.61 Å². The van der Waals surface area contributed by atoms with Gasteiger partial charge in [-0.25, -0.2) is 4.98 Å². The maximum absolute atomic E-state index is 8.90. The molecule has 0 saturated carbocycles. The molecule has 2 aromatic rings. The van der Waals surface area contributed by atoms with E-state index in [1.807, 2.05) is 45.0 Å². The third-order valence-corrected chi connectivity index (χ3v) is 3.08. The molecule has 0 fully saturated rings. The van der Waals surface area contributed by atoms with E-state index in [0.29, 0.717) is 29.0 Å². The van der Waals surface area contributed by atoms with Crippen molar-refractivity contribution >= 4 is 11.6 Å². The normalized spacial score (nSPS) is 11.5. The Labute approximate surface area is 129 Å². The van der Waals surface area contributed by atoms with Crippen LogP contribution in [0.5, 0.6) is 11.6 Å². The zero-order valence-corrected chi connectivity index (χ0v) is 13.2. The zero-order chi connectivity index (χ0) is 15.5. The van der Waals surface area contributed by atoms with E-state index < -0.39 is 0 Å². The van der Waals surface area contributed by atoms with Gasteiger partial charge in [0, 0.05) is 18.1 Å². The van der Waals surface area contributed by atoms with Gasteiger partial charge in [0.15, 0.2) is 0 Å². The summed E-state index contributed by atoms with van der Waals surface area (Å²) in [5.74, 6) is 1.74. The Morgan fingerprint density at radius 2 is 1.81 bits per heavy atom. The average Bonchev–Trinajstić information content (AvgIpc) is 2.40. The largest absolute Gasteiger partial charge is 0.439 e. The molecular weight excluding hydrogens is 288 g/mol. The Morgan fingerprint density at radius 1 is 1.14 bits per heavy atom. The van der Waals surface area contributed by atoms with Crippen molar-refractivity contribution < 1.29 is 9.84 Å². The predicted molar refractivity (Wildman–Crippen MR) is 83.0 cm³/mol. The molecule has 0 atom stereocenters. The maximum Gasteiger partial charge on any atom is 0.224 e. The van der Waals surface area contributed by atoms with Crippen LogP contribution < -0.4 is 4.74 Å². The van der Waals surface area contributed by atoms with E-state index in [9.17, 15) is 0 Å². The highest BCUT2D eigenvalue weighted by atomic mass is 35.5. The van der Waals surface area contributed by atoms with Crippen molar-refractivity contribution in [2.45, 2.75) is 32.6 Å². The molecule has 0 radical (unpaired) electrons. The standard InChI is InChI=1S/C16H19ClN2O2/c1-16(2,3)15-18-13(17)10-14(19-15)21-12-6-4-11(5-7-12)8-9-20/h4-7,10,20H,8-9H2,1-3H3. The molecule has 0 aliphatic heterocycles. The smallest absolute Gasteiger partial charge is 0.224 e. The molecule has 1 heterocycles. The molecule has 0 unspecified atom stereocenters. The van der Waals surface area contributed by atoms with E-state index in [4.69, 9.17) is 21.4 Å². The van der Waals surface area contributed by atoms with E-state index in [2.05, 4.69) is 9.97 Å². The highest BCUT2D eigenvalue weighted by Crippen LogP contribution is 2.26. The quantitative estimate of drug-likeness (QED) is 0.874. The van der Waals surface area contributed by atoms with Crippen LogP contribution in [0.25, 0.3) is 0 Å². The second kappa shape index (κ2) is 6.41. The molecule has 0 amide bonds. The molecular formula is C16H19ClN2O2. The maximum atomic E-state index is 8.90. The van der Waals surface area contributed by atoms with Crippen LogP contribution in [0.2, 0.25) is 5.15 Å². The van der Waals surface area contributed by atoms with E-state index in [1.54, 1.807) is 6.07 Å². The Hall–Kier alpha value is -1.65. The Bertz CT molecular complexity index is 607. The lowest BCUT2D eigenvalue weighted by Crippen LogP contribution is -2.16. The van der Waals surface area contributed by atoms with Gasteiger partial charge in [-0.1, -0.05) is 44.5 Å². The van der Waals surface area contributed by atoms with Crippen LogP contribution in [0, 0.1) is 0 Å². The number of aliphatic hydroxyl groups is 1. The first kappa shape index (κ1) is 15.7. The van der Waals surface area contributed by atoms with Crippen molar-refractivity contribution in [2.24, 2.45) is 0 Å². The van der Waals surface area contributed by atoms with Gasteiger partial charge < -0.3 is 9.84 Å². The highest BCUT2D eigenvalue weighted by molar-refractivity contribution is 6.29. The summed E-state index contributed by atoms with van der Waals surface area (Å²) in [6.07, 6.45) is 0.633. The van der Waals surface area contributed by atoms with Crippen molar-refractivity contribution in [3.8, 4) is 11.6 Å². The summed E-state index contributed by atoms with van der Waals surface area (Å²) in [7, 11) is 0. The van der Waals surface area contributed by atoms with Gasteiger partial charge in [0.2, 0.25) is 5.88 Å². The number of halogens is 1. The number of benzene rings is 1. The molecule has 0 bridgehead atoms. The van der Waals surface area contributed by atoms with Crippen molar-refractivity contribution in [1.29, 1.82) is 0 Å². The van der Waals surface area contributed by atoms with Crippen LogP contribution in [0.15, 0.2) is 30.3 Å². The van der Waals surface area contributed by atoms with Gasteiger partial charge in [0.1, 0.15) is 16.7 Å². The first-order valence-corrected chi connectivity index (χ1v) is 7.19. The number of hydrogen-bond donors (Lipinski definition) is 1. The molecule has 0 spiro atoms. The van der Waals surface area contributed by atoms with Crippen LogP contribution in [0.1, 0.15) is 32.2 Å². The fraction of sp³-hybridized carbons (Fsp3) is 0.375. The summed E-state index contributed by atoms with van der Waals surface area (Å²) < 4.78 is 5.73. The molecule has 1 aromatic carbocycles. The molecule has 0 aliphatic rings. The zero-order valence-electron chi connectivity index (χ0n) is 12.4. The fourth-order valence-corrected chi connectivity index (χ4v) is 1.93. The van der Waals surface area contributed by atoms with Gasteiger partial charge in [-0.2, -0.15) is 4.98 Å². The number of aromatic nitrogens is 2. The molecule has 5 heteroatoms. The Morgan fingerprint density at radius 3 is 2.38 bits per heavy atom. The minimum atomic E-state index is -0.200. The van der Waals surface area contributed by atoms with Crippen LogP contribution >= 0.6 is 11.6 Å². The summed E-state index contributed by atoms with van der Waals surface area (Å²) in [5, 5.41) is 9.26. The van der Waals surface area contributed by atoms with Gasteiger partial charge >= 0.3 is 0 Å². The molecule has 21 heavy (non-hydrogen) atoms. The van der Waals surface area contributed by atoms with E-state index in [1.165, 1.54) is 0 Å². The van der Waals surface area contributed by atoms with E-state index in [0.717, 1.165) is 5.56 Å². The van der Waals surface area contributed by atoms with Crippen molar-refractivity contribution in [1.82, 2.24) is 9.97 Å².